The highest BCUT2D eigenvalue weighted by atomic mass is 35.5. The van der Waals surface area contributed by atoms with Crippen LogP contribution >= 0.6 is 12.4 Å². The number of hydrogen-bond donors (Lipinski definition) is 0. The van der Waals surface area contributed by atoms with Crippen molar-refractivity contribution in [1.82, 2.24) is 4.90 Å². The summed E-state index contributed by atoms with van der Waals surface area (Å²) in [5.41, 5.74) is 1.55. The van der Waals surface area contributed by atoms with Crippen LogP contribution in [0, 0.1) is 0 Å². The van der Waals surface area contributed by atoms with Gasteiger partial charge in [-0.05, 0) is 38.9 Å². The topological polar surface area (TPSA) is 12.5 Å². The van der Waals surface area contributed by atoms with Gasteiger partial charge in [0.05, 0.1) is 5.54 Å². The first-order chi connectivity index (χ1) is 8.29. The first-order valence-electron chi connectivity index (χ1n) is 6.76. The van der Waals surface area contributed by atoms with Gasteiger partial charge in [-0.1, -0.05) is 31.5 Å². The third-order valence-electron chi connectivity index (χ3n) is 4.59. The Morgan fingerprint density at radius 1 is 1.33 bits per heavy atom. The number of nitrogens with zero attached hydrogens (tertiary/aromatic N) is 1. The van der Waals surface area contributed by atoms with Crippen LogP contribution in [0.15, 0.2) is 24.3 Å². The maximum Gasteiger partial charge on any atom is 0.125 e. The molecule has 0 bridgehead atoms. The van der Waals surface area contributed by atoms with E-state index in [2.05, 4.69) is 43.1 Å². The van der Waals surface area contributed by atoms with Crippen molar-refractivity contribution in [3.63, 3.8) is 0 Å². The lowest BCUT2D eigenvalue weighted by Gasteiger charge is -2.44. The second kappa shape index (κ2) is 5.10. The van der Waals surface area contributed by atoms with E-state index in [4.69, 9.17) is 4.74 Å². The molecule has 100 valence electrons. The second-order valence-electron chi connectivity index (χ2n) is 5.29. The molecule has 1 heterocycles. The third kappa shape index (κ3) is 1.74. The lowest BCUT2D eigenvalue weighted by atomic mass is 9.74. The molecule has 1 aliphatic carbocycles. The van der Waals surface area contributed by atoms with Crippen LogP contribution in [0.1, 0.15) is 38.2 Å². The number of ether oxygens (including phenoxy) is 1. The normalized spacial score (nSPS) is 29.2. The van der Waals surface area contributed by atoms with Gasteiger partial charge in [-0.25, -0.2) is 0 Å². The smallest absolute Gasteiger partial charge is 0.125 e. The zero-order valence-electron chi connectivity index (χ0n) is 11.2. The SMILES string of the molecule is CCN(C)C12CCCCC1Oc1ccccc12.Cl. The van der Waals surface area contributed by atoms with Gasteiger partial charge in [-0.15, -0.1) is 12.4 Å². The lowest BCUT2D eigenvalue weighted by molar-refractivity contribution is -0.00733. The summed E-state index contributed by atoms with van der Waals surface area (Å²) in [5.74, 6) is 1.11. The molecule has 0 radical (unpaired) electrons. The minimum absolute atomic E-state index is 0. The molecule has 2 nitrogen and oxygen atoms in total. The Labute approximate surface area is 116 Å². The van der Waals surface area contributed by atoms with Crippen LogP contribution in [0.5, 0.6) is 5.75 Å². The van der Waals surface area contributed by atoms with Gasteiger partial charge in [0.1, 0.15) is 11.9 Å². The first-order valence-corrected chi connectivity index (χ1v) is 6.76. The lowest BCUT2D eigenvalue weighted by Crippen LogP contribution is -2.52. The number of benzene rings is 1. The highest BCUT2D eigenvalue weighted by Gasteiger charge is 2.52. The maximum atomic E-state index is 6.20. The number of rotatable bonds is 2. The molecule has 0 amide bonds. The number of likely N-dealkylation sites (N-methyl/N-ethyl adjacent to an activating group) is 1. The number of fused-ring (bicyclic) bond motifs is 3. The predicted molar refractivity (Wildman–Crippen MR) is 76.6 cm³/mol. The van der Waals surface area contributed by atoms with E-state index in [0.717, 1.165) is 12.3 Å². The fourth-order valence-electron chi connectivity index (χ4n) is 3.59. The summed E-state index contributed by atoms with van der Waals surface area (Å²) in [5, 5.41) is 0. The average Bonchev–Trinajstić information content (AvgIpc) is 2.73. The zero-order valence-corrected chi connectivity index (χ0v) is 12.0. The molecular weight excluding hydrogens is 246 g/mol. The molecular formula is C15H22ClNO. The molecule has 2 unspecified atom stereocenters. The van der Waals surface area contributed by atoms with E-state index in [1.807, 2.05) is 0 Å². The van der Waals surface area contributed by atoms with Crippen LogP contribution in [0.4, 0.5) is 0 Å². The van der Waals surface area contributed by atoms with Crippen molar-refractivity contribution >= 4 is 12.4 Å². The van der Waals surface area contributed by atoms with Gasteiger partial charge < -0.3 is 4.74 Å². The number of para-hydroxylation sites is 1. The Morgan fingerprint density at radius 3 is 2.89 bits per heavy atom. The van der Waals surface area contributed by atoms with Crippen LogP contribution in [-0.4, -0.2) is 24.6 Å². The third-order valence-corrected chi connectivity index (χ3v) is 4.59. The van der Waals surface area contributed by atoms with Gasteiger partial charge >= 0.3 is 0 Å². The maximum absolute atomic E-state index is 6.20. The van der Waals surface area contributed by atoms with Crippen LogP contribution in [0.2, 0.25) is 0 Å². The molecule has 1 aromatic rings. The molecule has 0 N–H and O–H groups in total. The standard InChI is InChI=1S/C15H21NO.ClH/c1-3-16(2)15-11-7-6-10-14(15)17-13-9-5-4-8-12(13)15;/h4-5,8-9,14H,3,6-7,10-11H2,1-2H3;1H. The summed E-state index contributed by atoms with van der Waals surface area (Å²) in [7, 11) is 2.24. The zero-order chi connectivity index (χ0) is 11.9. The van der Waals surface area contributed by atoms with Crippen molar-refractivity contribution < 1.29 is 4.74 Å². The largest absolute Gasteiger partial charge is 0.488 e. The molecule has 0 aromatic heterocycles. The molecule has 1 aliphatic heterocycles. The quantitative estimate of drug-likeness (QED) is 0.812. The van der Waals surface area contributed by atoms with Crippen molar-refractivity contribution in [3.05, 3.63) is 29.8 Å². The van der Waals surface area contributed by atoms with Crippen molar-refractivity contribution in [2.24, 2.45) is 0 Å². The highest BCUT2D eigenvalue weighted by Crippen LogP contribution is 2.51. The first kappa shape index (κ1) is 13.7. The van der Waals surface area contributed by atoms with Crippen LogP contribution < -0.4 is 4.74 Å². The van der Waals surface area contributed by atoms with E-state index >= 15 is 0 Å². The van der Waals surface area contributed by atoms with Crippen LogP contribution in [0.25, 0.3) is 0 Å². The van der Waals surface area contributed by atoms with E-state index in [0.29, 0.717) is 6.10 Å². The van der Waals surface area contributed by atoms with E-state index in [1.54, 1.807) is 0 Å². The van der Waals surface area contributed by atoms with Gasteiger partial charge in [0.15, 0.2) is 0 Å². The summed E-state index contributed by atoms with van der Waals surface area (Å²) in [4.78, 5) is 2.49. The Balaban J connectivity index is 0.00000120. The van der Waals surface area contributed by atoms with E-state index in [1.165, 1.54) is 31.2 Å². The molecule has 0 spiro atoms. The predicted octanol–water partition coefficient (Wildman–Crippen LogP) is 3.59. The Hall–Kier alpha value is -0.730. The summed E-state index contributed by atoms with van der Waals surface area (Å²) >= 11 is 0. The minimum Gasteiger partial charge on any atom is -0.488 e. The molecule has 1 aromatic carbocycles. The van der Waals surface area contributed by atoms with Crippen molar-refractivity contribution in [2.75, 3.05) is 13.6 Å². The Morgan fingerprint density at radius 2 is 2.11 bits per heavy atom. The van der Waals surface area contributed by atoms with Gasteiger partial charge in [0.2, 0.25) is 0 Å². The van der Waals surface area contributed by atoms with Gasteiger partial charge in [-0.2, -0.15) is 0 Å². The summed E-state index contributed by atoms with van der Waals surface area (Å²) in [6.07, 6.45) is 5.41. The van der Waals surface area contributed by atoms with Crippen molar-refractivity contribution in [1.29, 1.82) is 0 Å². The monoisotopic (exact) mass is 267 g/mol. The highest BCUT2D eigenvalue weighted by molar-refractivity contribution is 5.85. The van der Waals surface area contributed by atoms with Crippen LogP contribution in [-0.2, 0) is 5.54 Å². The molecule has 1 saturated carbocycles. The van der Waals surface area contributed by atoms with Crippen molar-refractivity contribution in [2.45, 2.75) is 44.2 Å². The molecule has 2 aliphatic rings. The van der Waals surface area contributed by atoms with Gasteiger partial charge in [-0.3, -0.25) is 4.90 Å². The molecule has 1 fully saturated rings. The van der Waals surface area contributed by atoms with Crippen molar-refractivity contribution in [3.8, 4) is 5.75 Å². The number of hydrogen-bond acceptors (Lipinski definition) is 2. The molecule has 3 rings (SSSR count). The van der Waals surface area contributed by atoms with Gasteiger partial charge in [0, 0.05) is 5.56 Å². The summed E-state index contributed by atoms with van der Waals surface area (Å²) in [6, 6.07) is 8.60. The average molecular weight is 268 g/mol. The van der Waals surface area contributed by atoms with Crippen LogP contribution in [0.3, 0.4) is 0 Å². The Bertz CT molecular complexity index is 423. The molecule has 3 heteroatoms. The van der Waals surface area contributed by atoms with E-state index in [-0.39, 0.29) is 17.9 Å². The molecule has 18 heavy (non-hydrogen) atoms. The molecule has 0 saturated heterocycles. The fraction of sp³-hybridized carbons (Fsp3) is 0.600. The summed E-state index contributed by atoms with van der Waals surface area (Å²) in [6.45, 7) is 3.32. The summed E-state index contributed by atoms with van der Waals surface area (Å²) < 4.78 is 6.20. The number of halogens is 1. The van der Waals surface area contributed by atoms with E-state index < -0.39 is 0 Å². The second-order valence-corrected chi connectivity index (χ2v) is 5.29. The molecule has 2 atom stereocenters. The van der Waals surface area contributed by atoms with Gasteiger partial charge in [0.25, 0.3) is 0 Å². The fourth-order valence-corrected chi connectivity index (χ4v) is 3.59. The minimum atomic E-state index is 0. The van der Waals surface area contributed by atoms with E-state index in [9.17, 15) is 0 Å². The Kier molecular flexibility index (Phi) is 3.88.